The van der Waals surface area contributed by atoms with Gasteiger partial charge < -0.3 is 14.8 Å². The summed E-state index contributed by atoms with van der Waals surface area (Å²) in [6, 6.07) is 9.43. The average Bonchev–Trinajstić information content (AvgIpc) is 2.95. The number of fused-ring (bicyclic) bond motifs is 1. The number of aromatic nitrogens is 1. The van der Waals surface area contributed by atoms with Gasteiger partial charge in [-0.25, -0.2) is 0 Å². The predicted octanol–water partition coefficient (Wildman–Crippen LogP) is 1.52. The normalized spacial score (nSPS) is 21.9. The number of nitrogens with one attached hydrogen (secondary N) is 1. The number of ether oxygens (including phenoxy) is 2. The van der Waals surface area contributed by atoms with E-state index in [1.54, 1.807) is 6.20 Å². The van der Waals surface area contributed by atoms with Crippen LogP contribution in [0, 0.1) is 0 Å². The van der Waals surface area contributed by atoms with Gasteiger partial charge in [0.2, 0.25) is 0 Å². The molecule has 0 amide bonds. The van der Waals surface area contributed by atoms with Gasteiger partial charge in [0.05, 0.1) is 12.6 Å². The van der Waals surface area contributed by atoms with E-state index < -0.39 is 0 Å². The Hall–Kier alpha value is -2.14. The monoisotopic (exact) mass is 272 g/mol. The first-order valence-electron chi connectivity index (χ1n) is 6.59. The Bertz CT molecular complexity index is 629. The number of carbonyl (C=O) groups excluding carboxylic acids is 1. The summed E-state index contributed by atoms with van der Waals surface area (Å²) in [5.41, 5.74) is 0.942. The lowest BCUT2D eigenvalue weighted by Crippen LogP contribution is -2.31. The summed E-state index contributed by atoms with van der Waals surface area (Å²) in [4.78, 5) is 15.7. The maximum absolute atomic E-state index is 11.4. The van der Waals surface area contributed by atoms with E-state index in [2.05, 4.69) is 10.3 Å². The molecule has 1 aromatic carbocycles. The second kappa shape index (κ2) is 5.46. The molecule has 0 spiro atoms. The first kappa shape index (κ1) is 12.9. The third-order valence-corrected chi connectivity index (χ3v) is 3.45. The highest BCUT2D eigenvalue weighted by Crippen LogP contribution is 2.22. The van der Waals surface area contributed by atoms with Crippen LogP contribution in [0.2, 0.25) is 0 Å². The molecule has 2 aromatic rings. The molecule has 1 fully saturated rings. The maximum atomic E-state index is 11.4. The second-order valence-electron chi connectivity index (χ2n) is 4.82. The van der Waals surface area contributed by atoms with Crippen LogP contribution in [0.3, 0.4) is 0 Å². The fraction of sp³-hybridized carbons (Fsp3) is 0.333. The van der Waals surface area contributed by atoms with E-state index >= 15 is 0 Å². The SMILES string of the molecule is COC(=O)[C@@H]1C[C@H](Oc2ccc3ncccc3c2)CN1. The number of rotatable bonds is 3. The Balaban J connectivity index is 1.69. The molecule has 2 atom stereocenters. The smallest absolute Gasteiger partial charge is 0.323 e. The van der Waals surface area contributed by atoms with Crippen molar-refractivity contribution in [2.75, 3.05) is 13.7 Å². The number of methoxy groups -OCH3 is 1. The molecular formula is C15H16N2O3. The molecule has 1 aromatic heterocycles. The molecule has 0 saturated carbocycles. The molecule has 0 radical (unpaired) electrons. The van der Waals surface area contributed by atoms with Gasteiger partial charge in [0.1, 0.15) is 17.9 Å². The van der Waals surface area contributed by atoms with E-state index in [9.17, 15) is 4.79 Å². The van der Waals surface area contributed by atoms with Gasteiger partial charge in [-0.1, -0.05) is 6.07 Å². The van der Waals surface area contributed by atoms with Gasteiger partial charge in [-0.3, -0.25) is 9.78 Å². The largest absolute Gasteiger partial charge is 0.489 e. The first-order valence-corrected chi connectivity index (χ1v) is 6.59. The van der Waals surface area contributed by atoms with Gasteiger partial charge in [0.25, 0.3) is 0 Å². The summed E-state index contributed by atoms with van der Waals surface area (Å²) in [5, 5.41) is 4.15. The van der Waals surface area contributed by atoms with Crippen LogP contribution in [-0.2, 0) is 9.53 Å². The van der Waals surface area contributed by atoms with Gasteiger partial charge in [-0.05, 0) is 24.3 Å². The van der Waals surface area contributed by atoms with Crippen molar-refractivity contribution in [2.24, 2.45) is 0 Å². The van der Waals surface area contributed by atoms with Crippen LogP contribution < -0.4 is 10.1 Å². The molecule has 2 heterocycles. The van der Waals surface area contributed by atoms with Crippen LogP contribution >= 0.6 is 0 Å². The summed E-state index contributed by atoms with van der Waals surface area (Å²) >= 11 is 0. The minimum absolute atomic E-state index is 0.0202. The summed E-state index contributed by atoms with van der Waals surface area (Å²) in [6.45, 7) is 0.644. The number of hydrogen-bond donors (Lipinski definition) is 1. The van der Waals surface area contributed by atoms with Gasteiger partial charge in [-0.2, -0.15) is 0 Å². The van der Waals surface area contributed by atoms with Crippen molar-refractivity contribution >= 4 is 16.9 Å². The summed E-state index contributed by atoms with van der Waals surface area (Å²) in [6.07, 6.45) is 2.37. The fourth-order valence-corrected chi connectivity index (χ4v) is 2.43. The number of hydrogen-bond acceptors (Lipinski definition) is 5. The Morgan fingerprint density at radius 1 is 1.40 bits per heavy atom. The van der Waals surface area contributed by atoms with Crippen molar-refractivity contribution < 1.29 is 14.3 Å². The third-order valence-electron chi connectivity index (χ3n) is 3.45. The van der Waals surface area contributed by atoms with Crippen LogP contribution in [0.15, 0.2) is 36.5 Å². The molecule has 0 aliphatic carbocycles. The molecule has 5 nitrogen and oxygen atoms in total. The highest BCUT2D eigenvalue weighted by atomic mass is 16.5. The van der Waals surface area contributed by atoms with Crippen molar-refractivity contribution in [1.29, 1.82) is 0 Å². The number of pyridine rings is 1. The highest BCUT2D eigenvalue weighted by Gasteiger charge is 2.31. The molecule has 5 heteroatoms. The number of esters is 1. The van der Waals surface area contributed by atoms with Crippen molar-refractivity contribution in [3.63, 3.8) is 0 Å². The molecule has 1 N–H and O–H groups in total. The van der Waals surface area contributed by atoms with Crippen LogP contribution in [0.5, 0.6) is 5.75 Å². The minimum atomic E-state index is -0.271. The minimum Gasteiger partial charge on any atom is -0.489 e. The van der Waals surface area contributed by atoms with Crippen molar-refractivity contribution in [2.45, 2.75) is 18.6 Å². The molecule has 1 saturated heterocycles. The topological polar surface area (TPSA) is 60.5 Å². The average molecular weight is 272 g/mol. The standard InChI is InChI=1S/C15H16N2O3/c1-19-15(18)14-8-12(9-17-14)20-11-4-5-13-10(7-11)3-2-6-16-13/h2-7,12,14,17H,8-9H2,1H3/t12-,14-/m0/s1. The summed E-state index contributed by atoms with van der Waals surface area (Å²) < 4.78 is 10.6. The molecule has 0 unspecified atom stereocenters. The van der Waals surface area contributed by atoms with E-state index in [1.165, 1.54) is 7.11 Å². The Labute approximate surface area is 116 Å². The van der Waals surface area contributed by atoms with Crippen LogP contribution in [0.1, 0.15) is 6.42 Å². The zero-order chi connectivity index (χ0) is 13.9. The zero-order valence-corrected chi connectivity index (χ0v) is 11.2. The summed E-state index contributed by atoms with van der Waals surface area (Å²) in [5.74, 6) is 0.557. The molecule has 1 aliphatic rings. The van der Waals surface area contributed by atoms with E-state index in [0.717, 1.165) is 16.7 Å². The lowest BCUT2D eigenvalue weighted by Gasteiger charge is -2.13. The molecule has 3 rings (SSSR count). The molecule has 0 bridgehead atoms. The van der Waals surface area contributed by atoms with Gasteiger partial charge >= 0.3 is 5.97 Å². The molecule has 104 valence electrons. The Kier molecular flexibility index (Phi) is 3.52. The van der Waals surface area contributed by atoms with E-state index in [4.69, 9.17) is 9.47 Å². The zero-order valence-electron chi connectivity index (χ0n) is 11.2. The third kappa shape index (κ3) is 2.58. The number of carbonyl (C=O) groups is 1. The quantitative estimate of drug-likeness (QED) is 0.858. The molecule has 20 heavy (non-hydrogen) atoms. The van der Waals surface area contributed by atoms with Gasteiger partial charge in [-0.15, -0.1) is 0 Å². The van der Waals surface area contributed by atoms with Crippen molar-refractivity contribution in [3.05, 3.63) is 36.5 Å². The van der Waals surface area contributed by atoms with Crippen LogP contribution in [0.4, 0.5) is 0 Å². The van der Waals surface area contributed by atoms with Gasteiger partial charge in [0.15, 0.2) is 0 Å². The Morgan fingerprint density at radius 3 is 3.15 bits per heavy atom. The van der Waals surface area contributed by atoms with Gasteiger partial charge in [0, 0.05) is 24.5 Å². The molecule has 1 aliphatic heterocycles. The van der Waals surface area contributed by atoms with E-state index in [0.29, 0.717) is 13.0 Å². The second-order valence-corrected chi connectivity index (χ2v) is 4.82. The van der Waals surface area contributed by atoms with Crippen LogP contribution in [-0.4, -0.2) is 36.8 Å². The number of benzene rings is 1. The lowest BCUT2D eigenvalue weighted by molar-refractivity contribution is -0.142. The fourth-order valence-electron chi connectivity index (χ4n) is 2.43. The van der Waals surface area contributed by atoms with Crippen LogP contribution in [0.25, 0.3) is 10.9 Å². The van der Waals surface area contributed by atoms with Crippen molar-refractivity contribution in [3.8, 4) is 5.75 Å². The van der Waals surface area contributed by atoms with Crippen molar-refractivity contribution in [1.82, 2.24) is 10.3 Å². The first-order chi connectivity index (χ1) is 9.76. The highest BCUT2D eigenvalue weighted by molar-refractivity contribution is 5.79. The Morgan fingerprint density at radius 2 is 2.30 bits per heavy atom. The number of nitrogens with zero attached hydrogens (tertiary/aromatic N) is 1. The lowest BCUT2D eigenvalue weighted by atomic mass is 10.2. The molecular weight excluding hydrogens is 256 g/mol. The predicted molar refractivity (Wildman–Crippen MR) is 74.6 cm³/mol. The van der Waals surface area contributed by atoms with E-state index in [1.807, 2.05) is 30.3 Å². The van der Waals surface area contributed by atoms with E-state index in [-0.39, 0.29) is 18.1 Å². The summed E-state index contributed by atoms with van der Waals surface area (Å²) in [7, 11) is 1.40. The maximum Gasteiger partial charge on any atom is 0.323 e.